The van der Waals surface area contributed by atoms with Crippen LogP contribution in [0.3, 0.4) is 0 Å². The molecule has 1 unspecified atom stereocenters. The van der Waals surface area contributed by atoms with Gasteiger partial charge < -0.3 is 39.1 Å². The minimum Gasteiger partial charge on any atom is -0.387 e. The second-order valence-corrected chi connectivity index (χ2v) is 5.36. The van der Waals surface area contributed by atoms with E-state index in [0.29, 0.717) is 12.9 Å². The Labute approximate surface area is 116 Å². The molecule has 2 rings (SSSR count). The molecule has 0 aromatic carbocycles. The lowest BCUT2D eigenvalue weighted by Crippen LogP contribution is -2.59. The zero-order valence-corrected chi connectivity index (χ0v) is 11.3. The van der Waals surface area contributed by atoms with Crippen LogP contribution in [0, 0.1) is 0 Å². The highest BCUT2D eigenvalue weighted by atomic mass is 16.8. The van der Waals surface area contributed by atoms with Gasteiger partial charge in [0.25, 0.3) is 0 Å². The Kier molecular flexibility index (Phi) is 4.75. The molecule has 2 aliphatic rings. The fourth-order valence-corrected chi connectivity index (χ4v) is 2.17. The number of ether oxygens (including phenoxy) is 4. The van der Waals surface area contributed by atoms with E-state index in [1.807, 2.05) is 0 Å². The van der Waals surface area contributed by atoms with Gasteiger partial charge in [-0.15, -0.1) is 0 Å². The van der Waals surface area contributed by atoms with Crippen LogP contribution in [0.1, 0.15) is 13.8 Å². The topological polar surface area (TPSA) is 115 Å². The maximum absolute atomic E-state index is 10.7. The van der Waals surface area contributed by atoms with Crippen LogP contribution in [0.4, 0.5) is 0 Å². The van der Waals surface area contributed by atoms with Gasteiger partial charge in [0.1, 0.15) is 30.5 Å². The summed E-state index contributed by atoms with van der Waals surface area (Å²) < 4.78 is 21.3. The number of aliphatic hydroxyl groups excluding tert-OH is 3. The quantitative estimate of drug-likeness (QED) is 0.518. The Bertz CT molecular complexity index is 346. The average Bonchev–Trinajstić information content (AvgIpc) is 2.75. The van der Waals surface area contributed by atoms with Crippen LogP contribution in [0.5, 0.6) is 0 Å². The van der Waals surface area contributed by atoms with E-state index in [1.54, 1.807) is 13.8 Å². The number of hydrogen-bond acceptors (Lipinski definition) is 8. The van der Waals surface area contributed by atoms with E-state index in [2.05, 4.69) is 0 Å². The van der Waals surface area contributed by atoms with Crippen LogP contribution >= 0.6 is 0 Å². The van der Waals surface area contributed by atoms with Crippen molar-refractivity contribution in [3.8, 4) is 0 Å². The average molecular weight is 292 g/mol. The van der Waals surface area contributed by atoms with Gasteiger partial charge in [-0.1, -0.05) is 0 Å². The molecular weight excluding hydrogens is 272 g/mol. The second-order valence-electron chi connectivity index (χ2n) is 5.36. The van der Waals surface area contributed by atoms with Crippen molar-refractivity contribution in [1.29, 1.82) is 0 Å². The molecular formula is C12H20O8. The summed E-state index contributed by atoms with van der Waals surface area (Å²) in [6.45, 7) is 3.93. The van der Waals surface area contributed by atoms with Crippen LogP contribution in [0.25, 0.3) is 0 Å². The fourth-order valence-electron chi connectivity index (χ4n) is 2.17. The zero-order chi connectivity index (χ0) is 14.9. The molecule has 2 saturated heterocycles. The van der Waals surface area contributed by atoms with Crippen molar-refractivity contribution in [2.24, 2.45) is 0 Å². The van der Waals surface area contributed by atoms with Crippen molar-refractivity contribution >= 4 is 6.29 Å². The SMILES string of the molecule is CC1(C)OCC(CO[C@@H]2O[C@H](C=O)[C@H](O)[C@H](O)[C@H]2O)O1. The third kappa shape index (κ3) is 3.34. The molecule has 0 saturated carbocycles. The molecule has 8 nitrogen and oxygen atoms in total. The highest BCUT2D eigenvalue weighted by Crippen LogP contribution is 2.25. The first-order valence-corrected chi connectivity index (χ1v) is 6.42. The third-order valence-electron chi connectivity index (χ3n) is 3.25. The van der Waals surface area contributed by atoms with E-state index in [9.17, 15) is 20.1 Å². The first kappa shape index (κ1) is 15.8. The molecule has 116 valence electrons. The zero-order valence-electron chi connectivity index (χ0n) is 11.3. The Morgan fingerprint density at radius 2 is 1.95 bits per heavy atom. The van der Waals surface area contributed by atoms with Gasteiger partial charge >= 0.3 is 0 Å². The molecule has 2 fully saturated rings. The summed E-state index contributed by atoms with van der Waals surface area (Å²) in [5, 5.41) is 28.9. The minimum absolute atomic E-state index is 0.0690. The maximum Gasteiger partial charge on any atom is 0.187 e. The van der Waals surface area contributed by atoms with Crippen molar-refractivity contribution in [3.05, 3.63) is 0 Å². The van der Waals surface area contributed by atoms with Gasteiger partial charge in [-0.25, -0.2) is 0 Å². The van der Waals surface area contributed by atoms with Gasteiger partial charge in [-0.2, -0.15) is 0 Å². The van der Waals surface area contributed by atoms with E-state index >= 15 is 0 Å². The molecule has 2 heterocycles. The van der Waals surface area contributed by atoms with Crippen LogP contribution in [0.2, 0.25) is 0 Å². The Hall–Kier alpha value is -0.610. The molecule has 20 heavy (non-hydrogen) atoms. The summed E-state index contributed by atoms with van der Waals surface area (Å²) in [5.74, 6) is -0.693. The molecule has 0 aromatic rings. The summed E-state index contributed by atoms with van der Waals surface area (Å²) in [6, 6.07) is 0. The maximum atomic E-state index is 10.7. The van der Waals surface area contributed by atoms with Gasteiger partial charge in [-0.05, 0) is 13.8 Å². The lowest BCUT2D eigenvalue weighted by Gasteiger charge is -2.38. The summed E-state index contributed by atoms with van der Waals surface area (Å²) in [7, 11) is 0. The van der Waals surface area contributed by atoms with Gasteiger partial charge in [0.05, 0.1) is 13.2 Å². The fraction of sp³-hybridized carbons (Fsp3) is 0.917. The van der Waals surface area contributed by atoms with Crippen molar-refractivity contribution in [3.63, 3.8) is 0 Å². The normalized spacial score (nSPS) is 44.5. The highest BCUT2D eigenvalue weighted by molar-refractivity contribution is 5.57. The molecule has 8 heteroatoms. The molecule has 2 aliphatic heterocycles. The number of rotatable bonds is 4. The molecule has 0 radical (unpaired) electrons. The van der Waals surface area contributed by atoms with Gasteiger partial charge in [0, 0.05) is 0 Å². The molecule has 0 bridgehead atoms. The number of hydrogen-bond donors (Lipinski definition) is 3. The van der Waals surface area contributed by atoms with Crippen LogP contribution in [0.15, 0.2) is 0 Å². The molecule has 0 aromatic heterocycles. The summed E-state index contributed by atoms with van der Waals surface area (Å²) >= 11 is 0. The monoisotopic (exact) mass is 292 g/mol. The largest absolute Gasteiger partial charge is 0.387 e. The number of carbonyl (C=O) groups excluding carboxylic acids is 1. The van der Waals surface area contributed by atoms with Gasteiger partial charge in [0.15, 0.2) is 18.4 Å². The van der Waals surface area contributed by atoms with Crippen LogP contribution < -0.4 is 0 Å². The predicted molar refractivity (Wildman–Crippen MR) is 63.6 cm³/mol. The number of carbonyl (C=O) groups is 1. The smallest absolute Gasteiger partial charge is 0.187 e. The number of aliphatic hydroxyl groups is 3. The van der Waals surface area contributed by atoms with E-state index in [1.165, 1.54) is 0 Å². The lowest BCUT2D eigenvalue weighted by molar-refractivity contribution is -0.292. The molecule has 0 aliphatic carbocycles. The van der Waals surface area contributed by atoms with E-state index in [0.717, 1.165) is 0 Å². The van der Waals surface area contributed by atoms with Crippen LogP contribution in [-0.4, -0.2) is 77.4 Å². The lowest BCUT2D eigenvalue weighted by atomic mass is 10.00. The Morgan fingerprint density at radius 1 is 1.25 bits per heavy atom. The van der Waals surface area contributed by atoms with E-state index < -0.39 is 36.5 Å². The Morgan fingerprint density at radius 3 is 2.50 bits per heavy atom. The molecule has 0 amide bonds. The van der Waals surface area contributed by atoms with E-state index in [-0.39, 0.29) is 12.7 Å². The highest BCUT2D eigenvalue weighted by Gasteiger charge is 2.45. The van der Waals surface area contributed by atoms with Crippen molar-refractivity contribution in [2.75, 3.05) is 13.2 Å². The first-order valence-electron chi connectivity index (χ1n) is 6.42. The predicted octanol–water partition coefficient (Wildman–Crippen LogP) is -1.84. The molecule has 0 spiro atoms. The summed E-state index contributed by atoms with van der Waals surface area (Å²) in [4.78, 5) is 10.7. The summed E-state index contributed by atoms with van der Waals surface area (Å²) in [6.07, 6.45) is -6.87. The Balaban J connectivity index is 1.87. The standard InChI is InChI=1S/C12H20O8/c1-12(2)18-5-6(20-12)4-17-11-10(16)9(15)8(14)7(3-13)19-11/h3,6-11,14-16H,4-5H2,1-2H3/t6?,7-,8+,9+,10-,11-/m1/s1. The third-order valence-corrected chi connectivity index (χ3v) is 3.25. The van der Waals surface area contributed by atoms with Crippen molar-refractivity contribution in [2.45, 2.75) is 56.4 Å². The van der Waals surface area contributed by atoms with Crippen molar-refractivity contribution < 1.29 is 39.1 Å². The molecule has 6 atom stereocenters. The summed E-state index contributed by atoms with van der Waals surface area (Å²) in [5.41, 5.74) is 0. The molecule has 3 N–H and O–H groups in total. The first-order chi connectivity index (χ1) is 9.34. The van der Waals surface area contributed by atoms with Crippen LogP contribution in [-0.2, 0) is 23.7 Å². The second kappa shape index (κ2) is 6.02. The van der Waals surface area contributed by atoms with Gasteiger partial charge in [0.2, 0.25) is 0 Å². The van der Waals surface area contributed by atoms with Crippen molar-refractivity contribution in [1.82, 2.24) is 0 Å². The van der Waals surface area contributed by atoms with Gasteiger partial charge in [-0.3, -0.25) is 0 Å². The minimum atomic E-state index is -1.51. The number of aldehydes is 1. The van der Waals surface area contributed by atoms with E-state index in [4.69, 9.17) is 18.9 Å².